The fraction of sp³-hybridized carbons (Fsp3) is 0.375. The maximum Gasteiger partial charge on any atom is 0.303 e. The van der Waals surface area contributed by atoms with Crippen LogP contribution in [0.3, 0.4) is 0 Å². The van der Waals surface area contributed by atoms with Crippen LogP contribution in [0.25, 0.3) is 10.9 Å². The van der Waals surface area contributed by atoms with E-state index in [0.29, 0.717) is 24.2 Å². The minimum absolute atomic E-state index is 0.0120. The number of anilines is 1. The Bertz CT molecular complexity index is 938. The lowest BCUT2D eigenvalue weighted by Crippen LogP contribution is -2.45. The van der Waals surface area contributed by atoms with Crippen molar-refractivity contribution in [2.24, 2.45) is 0 Å². The second kappa shape index (κ2) is 7.30. The third-order valence-corrected chi connectivity index (χ3v) is 4.10. The van der Waals surface area contributed by atoms with Gasteiger partial charge in [-0.1, -0.05) is 11.3 Å². The number of nitrogens with one attached hydrogen (secondary N) is 2. The molecule has 1 aliphatic heterocycles. The van der Waals surface area contributed by atoms with Gasteiger partial charge in [0.05, 0.1) is 5.39 Å². The number of fused-ring (bicyclic) bond motifs is 1. The van der Waals surface area contributed by atoms with Crippen molar-refractivity contribution in [1.82, 2.24) is 20.3 Å². The first-order chi connectivity index (χ1) is 12.5. The van der Waals surface area contributed by atoms with Gasteiger partial charge in [-0.05, 0) is 25.0 Å². The van der Waals surface area contributed by atoms with Gasteiger partial charge in [0, 0.05) is 25.1 Å². The zero-order valence-corrected chi connectivity index (χ0v) is 13.8. The first kappa shape index (κ1) is 17.5. The number of nitrogens with zero attached hydrogens (tertiary/aromatic N) is 3. The first-order valence-electron chi connectivity index (χ1n) is 8.15. The zero-order valence-electron chi connectivity index (χ0n) is 13.8. The minimum Gasteiger partial charge on any atom is -0.481 e. The van der Waals surface area contributed by atoms with Gasteiger partial charge in [-0.15, -0.1) is 5.10 Å². The fourth-order valence-corrected chi connectivity index (χ4v) is 2.83. The van der Waals surface area contributed by atoms with Crippen LogP contribution in [0, 0.1) is 0 Å². The zero-order chi connectivity index (χ0) is 18.7. The van der Waals surface area contributed by atoms with Crippen LogP contribution in [-0.2, 0) is 14.4 Å². The third-order valence-electron chi connectivity index (χ3n) is 4.10. The Kier molecular flexibility index (Phi) is 4.92. The molecule has 0 saturated carbocycles. The molecule has 1 aromatic carbocycles. The number of aliphatic carboxylic acids is 1. The number of carbonyl (C=O) groups is 3. The summed E-state index contributed by atoms with van der Waals surface area (Å²) >= 11 is 0. The van der Waals surface area contributed by atoms with Gasteiger partial charge in [-0.25, -0.2) is 0 Å². The van der Waals surface area contributed by atoms with Crippen LogP contribution in [0.1, 0.15) is 31.7 Å². The molecule has 2 amide bonds. The van der Waals surface area contributed by atoms with Gasteiger partial charge in [0.25, 0.3) is 11.5 Å². The highest BCUT2D eigenvalue weighted by Crippen LogP contribution is 2.20. The lowest BCUT2D eigenvalue weighted by atomic mass is 10.1. The molecule has 0 spiro atoms. The highest BCUT2D eigenvalue weighted by Gasteiger charge is 2.30. The van der Waals surface area contributed by atoms with Gasteiger partial charge in [0.2, 0.25) is 5.91 Å². The number of piperidine rings is 1. The van der Waals surface area contributed by atoms with E-state index in [9.17, 15) is 19.2 Å². The number of benzene rings is 1. The summed E-state index contributed by atoms with van der Waals surface area (Å²) in [6, 6.07) is 4.12. The number of carboxylic acid groups (broad SMARTS) is 1. The Morgan fingerprint density at radius 1 is 1.35 bits per heavy atom. The van der Waals surface area contributed by atoms with E-state index in [-0.39, 0.29) is 30.6 Å². The molecule has 1 atom stereocenters. The summed E-state index contributed by atoms with van der Waals surface area (Å²) in [6.45, 7) is 0.367. The second-order valence-corrected chi connectivity index (χ2v) is 5.93. The summed E-state index contributed by atoms with van der Waals surface area (Å²) in [5.74, 6) is -1.85. The lowest BCUT2D eigenvalue weighted by Gasteiger charge is -2.21. The molecule has 26 heavy (non-hydrogen) atoms. The molecule has 10 nitrogen and oxygen atoms in total. The van der Waals surface area contributed by atoms with Crippen LogP contribution in [0.4, 0.5) is 5.69 Å². The van der Waals surface area contributed by atoms with Crippen LogP contribution in [0.5, 0.6) is 0 Å². The maximum atomic E-state index is 12.9. The van der Waals surface area contributed by atoms with E-state index in [0.717, 1.165) is 4.68 Å². The number of hydrogen-bond donors (Lipinski definition) is 3. The largest absolute Gasteiger partial charge is 0.481 e. The van der Waals surface area contributed by atoms with Gasteiger partial charge >= 0.3 is 5.97 Å². The smallest absolute Gasteiger partial charge is 0.303 e. The molecule has 3 N–H and O–H groups in total. The van der Waals surface area contributed by atoms with Crippen molar-refractivity contribution >= 4 is 34.4 Å². The predicted octanol–water partition coefficient (Wildman–Crippen LogP) is 0.0459. The Balaban J connectivity index is 1.93. The summed E-state index contributed by atoms with van der Waals surface area (Å²) in [6.07, 6.45) is 0.709. The third kappa shape index (κ3) is 3.53. The lowest BCUT2D eigenvalue weighted by molar-refractivity contribution is -0.137. The molecule has 1 unspecified atom stereocenters. The van der Waals surface area contributed by atoms with Gasteiger partial charge in [-0.2, -0.15) is 4.68 Å². The van der Waals surface area contributed by atoms with E-state index >= 15 is 0 Å². The molecular formula is C16H17N5O5. The molecule has 136 valence electrons. The van der Waals surface area contributed by atoms with Crippen molar-refractivity contribution in [2.75, 3.05) is 11.9 Å². The topological polar surface area (TPSA) is 143 Å². The predicted molar refractivity (Wildman–Crippen MR) is 90.6 cm³/mol. The molecule has 0 bridgehead atoms. The van der Waals surface area contributed by atoms with Gasteiger partial charge in [0.1, 0.15) is 11.6 Å². The Morgan fingerprint density at radius 3 is 2.88 bits per heavy atom. The van der Waals surface area contributed by atoms with E-state index in [1.165, 1.54) is 0 Å². The van der Waals surface area contributed by atoms with Crippen molar-refractivity contribution in [2.45, 2.75) is 31.7 Å². The number of aromatic nitrogens is 3. The molecule has 2 aromatic rings. The molecule has 1 fully saturated rings. The minimum atomic E-state index is -0.893. The average Bonchev–Trinajstić information content (AvgIpc) is 2.59. The van der Waals surface area contributed by atoms with E-state index in [1.54, 1.807) is 18.2 Å². The Hall–Kier alpha value is -3.30. The molecule has 1 aliphatic rings. The molecule has 10 heteroatoms. The summed E-state index contributed by atoms with van der Waals surface area (Å²) in [5, 5.41) is 22.0. The van der Waals surface area contributed by atoms with Crippen molar-refractivity contribution in [3.63, 3.8) is 0 Å². The van der Waals surface area contributed by atoms with Crippen LogP contribution in [0.15, 0.2) is 23.0 Å². The summed E-state index contributed by atoms with van der Waals surface area (Å²) in [5.41, 5.74) is 0.362. The number of rotatable bonds is 6. The standard InChI is InChI=1S/C16H17N5O5/c22-12-7-6-11(15(25)18-12)21-16(26)14-9(17-8-2-5-13(23)24)3-1-4-10(14)19-20-21/h1,3-4,11,17H,2,5-8H2,(H,23,24)(H,18,22,25). The molecule has 1 aromatic heterocycles. The van der Waals surface area contributed by atoms with Crippen LogP contribution < -0.4 is 16.2 Å². The summed E-state index contributed by atoms with van der Waals surface area (Å²) in [4.78, 5) is 46.8. The maximum absolute atomic E-state index is 12.9. The molecule has 0 radical (unpaired) electrons. The number of carbonyl (C=O) groups excluding carboxylic acids is 2. The number of amides is 2. The van der Waals surface area contributed by atoms with Crippen molar-refractivity contribution < 1.29 is 19.5 Å². The molecular weight excluding hydrogens is 342 g/mol. The normalized spacial score (nSPS) is 17.2. The summed E-state index contributed by atoms with van der Waals surface area (Å²) < 4.78 is 0.993. The van der Waals surface area contributed by atoms with Crippen molar-refractivity contribution in [3.05, 3.63) is 28.6 Å². The second-order valence-electron chi connectivity index (χ2n) is 5.93. The highest BCUT2D eigenvalue weighted by atomic mass is 16.4. The van der Waals surface area contributed by atoms with E-state index in [2.05, 4.69) is 20.9 Å². The highest BCUT2D eigenvalue weighted by molar-refractivity contribution is 5.99. The number of carboxylic acids is 1. The molecule has 2 heterocycles. The van der Waals surface area contributed by atoms with Crippen molar-refractivity contribution in [1.29, 1.82) is 0 Å². The SMILES string of the molecule is O=C(O)CCCNc1cccc2nnn(C3CCC(=O)NC3=O)c(=O)c12. The Labute approximate surface area is 147 Å². The average molecular weight is 359 g/mol. The fourth-order valence-electron chi connectivity index (χ4n) is 2.83. The first-order valence-corrected chi connectivity index (χ1v) is 8.15. The van der Waals surface area contributed by atoms with Crippen LogP contribution in [-0.4, -0.2) is 44.4 Å². The van der Waals surface area contributed by atoms with E-state index in [1.807, 2.05) is 0 Å². The number of imide groups is 1. The van der Waals surface area contributed by atoms with Crippen LogP contribution in [0.2, 0.25) is 0 Å². The molecule has 1 saturated heterocycles. The van der Waals surface area contributed by atoms with E-state index < -0.39 is 23.5 Å². The van der Waals surface area contributed by atoms with Crippen LogP contribution >= 0.6 is 0 Å². The summed E-state index contributed by atoms with van der Waals surface area (Å²) in [7, 11) is 0. The van der Waals surface area contributed by atoms with E-state index in [4.69, 9.17) is 5.11 Å². The quantitative estimate of drug-likeness (QED) is 0.485. The van der Waals surface area contributed by atoms with Gasteiger partial charge in [-0.3, -0.25) is 24.5 Å². The van der Waals surface area contributed by atoms with Gasteiger partial charge in [0.15, 0.2) is 0 Å². The molecule has 0 aliphatic carbocycles. The molecule has 3 rings (SSSR count). The monoisotopic (exact) mass is 359 g/mol. The number of hydrogen-bond acceptors (Lipinski definition) is 7. The Morgan fingerprint density at radius 2 is 2.15 bits per heavy atom. The van der Waals surface area contributed by atoms with Gasteiger partial charge < -0.3 is 10.4 Å². The van der Waals surface area contributed by atoms with Crippen molar-refractivity contribution in [3.8, 4) is 0 Å².